The minimum absolute atomic E-state index is 0.149. The largest absolute Gasteiger partial charge is 0.616 e. The van der Waals surface area contributed by atoms with Crippen molar-refractivity contribution in [2.45, 2.75) is 32.6 Å². The molecule has 0 spiro atoms. The van der Waals surface area contributed by atoms with E-state index in [2.05, 4.69) is 5.10 Å². The van der Waals surface area contributed by atoms with Crippen LogP contribution in [-0.2, 0) is 23.5 Å². The third-order valence-electron chi connectivity index (χ3n) is 1.85. The molecule has 0 bridgehead atoms. The molecule has 1 aromatic heterocycles. The van der Waals surface area contributed by atoms with Gasteiger partial charge in [-0.2, -0.15) is 5.10 Å². The molecular formula is C9H16N2O2S. The average molecular weight is 216 g/mol. The van der Waals surface area contributed by atoms with E-state index in [1.165, 1.54) is 4.68 Å². The van der Waals surface area contributed by atoms with Crippen LogP contribution < -0.4 is 0 Å². The number of nitrogens with zero attached hydrogens (tertiary/aromatic N) is 2. The quantitative estimate of drug-likeness (QED) is 0.754. The van der Waals surface area contributed by atoms with E-state index in [1.54, 1.807) is 6.07 Å². The molecule has 0 fully saturated rings. The zero-order valence-corrected chi connectivity index (χ0v) is 9.38. The summed E-state index contributed by atoms with van der Waals surface area (Å²) in [4.78, 5) is 0. The average Bonchev–Trinajstić information content (AvgIpc) is 2.46. The van der Waals surface area contributed by atoms with Gasteiger partial charge >= 0.3 is 0 Å². The maximum atomic E-state index is 11.4. The maximum Gasteiger partial charge on any atom is 0.209 e. The van der Waals surface area contributed by atoms with Crippen molar-refractivity contribution in [2.24, 2.45) is 0 Å². The number of hydrogen-bond acceptors (Lipinski definition) is 3. The molecule has 0 aromatic carbocycles. The number of rotatable bonds is 5. The summed E-state index contributed by atoms with van der Waals surface area (Å²) >= 11 is -0.855. The summed E-state index contributed by atoms with van der Waals surface area (Å²) in [5, 5.41) is 13.5. The first kappa shape index (κ1) is 11.4. The Morgan fingerprint density at radius 1 is 1.57 bits per heavy atom. The van der Waals surface area contributed by atoms with Crippen molar-refractivity contribution >= 4 is 11.2 Å². The fraction of sp³-hybridized carbons (Fsp3) is 0.667. The predicted octanol–water partition coefficient (Wildman–Crippen LogP) is 1.27. The first-order valence-corrected chi connectivity index (χ1v) is 6.26. The van der Waals surface area contributed by atoms with Crippen LogP contribution >= 0.6 is 0 Å². The summed E-state index contributed by atoms with van der Waals surface area (Å²) in [7, 11) is 0. The van der Waals surface area contributed by atoms with Crippen molar-refractivity contribution in [3.63, 3.8) is 0 Å². The van der Waals surface area contributed by atoms with Crippen molar-refractivity contribution in [1.29, 1.82) is 0 Å². The molecule has 80 valence electrons. The summed E-state index contributed by atoms with van der Waals surface area (Å²) in [6.45, 7) is 4.53. The summed E-state index contributed by atoms with van der Waals surface area (Å²) in [6, 6.07) is 1.58. The predicted molar refractivity (Wildman–Crippen MR) is 56.6 cm³/mol. The molecule has 0 saturated carbocycles. The van der Waals surface area contributed by atoms with Gasteiger partial charge in [0.15, 0.2) is 0 Å². The van der Waals surface area contributed by atoms with Crippen molar-refractivity contribution in [2.75, 3.05) is 5.75 Å². The van der Waals surface area contributed by atoms with Gasteiger partial charge in [0.1, 0.15) is 17.2 Å². The van der Waals surface area contributed by atoms with Crippen molar-refractivity contribution in [3.05, 3.63) is 11.8 Å². The molecule has 1 rings (SSSR count). The number of aryl methyl sites for hydroxylation is 1. The third-order valence-corrected chi connectivity index (χ3v) is 3.33. The van der Waals surface area contributed by atoms with Gasteiger partial charge in [-0.15, -0.1) is 0 Å². The van der Waals surface area contributed by atoms with Gasteiger partial charge in [0.25, 0.3) is 0 Å². The normalized spacial score (nSPS) is 13.1. The molecule has 1 N–H and O–H groups in total. The van der Waals surface area contributed by atoms with E-state index in [9.17, 15) is 9.66 Å². The van der Waals surface area contributed by atoms with Crippen molar-refractivity contribution in [1.82, 2.24) is 9.78 Å². The monoisotopic (exact) mass is 216 g/mol. The van der Waals surface area contributed by atoms with Gasteiger partial charge in [-0.05, 0) is 24.5 Å². The van der Waals surface area contributed by atoms with E-state index in [0.29, 0.717) is 23.7 Å². The lowest BCUT2D eigenvalue weighted by Crippen LogP contribution is -2.09. The lowest BCUT2D eigenvalue weighted by atomic mass is 10.5. The second kappa shape index (κ2) is 5.26. The van der Waals surface area contributed by atoms with Gasteiger partial charge in [0.05, 0.1) is 0 Å². The Balaban J connectivity index is 2.58. The van der Waals surface area contributed by atoms with Gasteiger partial charge in [0.2, 0.25) is 5.88 Å². The van der Waals surface area contributed by atoms with Gasteiger partial charge in [0, 0.05) is 12.6 Å². The Morgan fingerprint density at radius 2 is 2.29 bits per heavy atom. The molecule has 1 heterocycles. The SMILES string of the molecule is CCC[S+]([O-])Cc1cc(O)n(CC)n1. The van der Waals surface area contributed by atoms with Crippen molar-refractivity contribution in [3.8, 4) is 5.88 Å². The van der Waals surface area contributed by atoms with E-state index in [0.717, 1.165) is 6.42 Å². The molecule has 1 unspecified atom stereocenters. The minimum Gasteiger partial charge on any atom is -0.616 e. The molecule has 5 heteroatoms. The molecule has 0 radical (unpaired) electrons. The van der Waals surface area contributed by atoms with Crippen LogP contribution in [0.3, 0.4) is 0 Å². The van der Waals surface area contributed by atoms with E-state index >= 15 is 0 Å². The second-order valence-corrected chi connectivity index (χ2v) is 4.67. The van der Waals surface area contributed by atoms with Crippen LogP contribution in [0.4, 0.5) is 0 Å². The minimum atomic E-state index is -0.855. The molecule has 1 atom stereocenters. The first-order valence-electron chi connectivity index (χ1n) is 4.78. The highest BCUT2D eigenvalue weighted by atomic mass is 32.2. The maximum absolute atomic E-state index is 11.4. The van der Waals surface area contributed by atoms with Crippen LogP contribution in [0.1, 0.15) is 26.0 Å². The van der Waals surface area contributed by atoms with Crippen LogP contribution in [0.15, 0.2) is 6.07 Å². The highest BCUT2D eigenvalue weighted by Crippen LogP contribution is 2.14. The van der Waals surface area contributed by atoms with Crippen LogP contribution in [0, 0.1) is 0 Å². The van der Waals surface area contributed by atoms with Gasteiger partial charge < -0.3 is 9.66 Å². The molecule has 0 aliphatic carbocycles. The van der Waals surface area contributed by atoms with Crippen LogP contribution in [0.2, 0.25) is 0 Å². The third kappa shape index (κ3) is 2.92. The summed E-state index contributed by atoms with van der Waals surface area (Å²) in [5.41, 5.74) is 0.705. The van der Waals surface area contributed by atoms with Gasteiger partial charge in [-0.3, -0.25) is 0 Å². The summed E-state index contributed by atoms with van der Waals surface area (Å²) < 4.78 is 12.9. The standard InChI is InChI=1S/C9H16N2O2S/c1-3-5-14(13)7-8-6-9(12)11(4-2)10-8/h6,12H,3-5,7H2,1-2H3. The number of aromatic nitrogens is 2. The van der Waals surface area contributed by atoms with E-state index in [-0.39, 0.29) is 5.88 Å². The first-order chi connectivity index (χ1) is 6.67. The lowest BCUT2D eigenvalue weighted by Gasteiger charge is -2.06. The Labute approximate surface area is 87.1 Å². The molecule has 0 saturated heterocycles. The molecule has 14 heavy (non-hydrogen) atoms. The fourth-order valence-electron chi connectivity index (χ4n) is 1.23. The molecular weight excluding hydrogens is 200 g/mol. The second-order valence-electron chi connectivity index (χ2n) is 3.10. The van der Waals surface area contributed by atoms with E-state index < -0.39 is 11.2 Å². The number of aromatic hydroxyl groups is 1. The van der Waals surface area contributed by atoms with E-state index in [1.807, 2.05) is 13.8 Å². The topological polar surface area (TPSA) is 61.1 Å². The lowest BCUT2D eigenvalue weighted by molar-refractivity contribution is 0.405. The molecule has 4 nitrogen and oxygen atoms in total. The Kier molecular flexibility index (Phi) is 4.28. The van der Waals surface area contributed by atoms with E-state index in [4.69, 9.17) is 0 Å². The van der Waals surface area contributed by atoms with Gasteiger partial charge in [-0.25, -0.2) is 4.68 Å². The smallest absolute Gasteiger partial charge is 0.209 e. The Hall–Kier alpha value is -0.680. The molecule has 0 aliphatic rings. The molecule has 0 amide bonds. The zero-order chi connectivity index (χ0) is 10.6. The van der Waals surface area contributed by atoms with Crippen LogP contribution in [0.5, 0.6) is 5.88 Å². The van der Waals surface area contributed by atoms with Gasteiger partial charge in [-0.1, -0.05) is 6.92 Å². The Bertz CT molecular complexity index is 288. The van der Waals surface area contributed by atoms with Crippen LogP contribution in [-0.4, -0.2) is 25.2 Å². The highest BCUT2D eigenvalue weighted by Gasteiger charge is 2.11. The zero-order valence-electron chi connectivity index (χ0n) is 8.56. The highest BCUT2D eigenvalue weighted by molar-refractivity contribution is 7.90. The van der Waals surface area contributed by atoms with Crippen LogP contribution in [0.25, 0.3) is 0 Å². The summed E-state index contributed by atoms with van der Waals surface area (Å²) in [6.07, 6.45) is 0.910. The Morgan fingerprint density at radius 3 is 2.79 bits per heavy atom. The van der Waals surface area contributed by atoms with Crippen molar-refractivity contribution < 1.29 is 9.66 Å². The number of hydrogen-bond donors (Lipinski definition) is 1. The molecule has 0 aliphatic heterocycles. The summed E-state index contributed by atoms with van der Waals surface area (Å²) in [5.74, 6) is 1.28. The fourth-order valence-corrected chi connectivity index (χ4v) is 2.30. The molecule has 1 aromatic rings.